The fourth-order valence-electron chi connectivity index (χ4n) is 4.28. The molecular weight excluding hydrogens is 454 g/mol. The highest BCUT2D eigenvalue weighted by Gasteiger charge is 2.18. The van der Waals surface area contributed by atoms with Crippen LogP contribution in [0.15, 0.2) is 48.7 Å². The molecule has 10 heteroatoms. The predicted octanol–water partition coefficient (Wildman–Crippen LogP) is 3.94. The lowest BCUT2D eigenvalue weighted by atomic mass is 10.2. The number of hydrogen-bond acceptors (Lipinski definition) is 8. The van der Waals surface area contributed by atoms with Crippen molar-refractivity contribution in [1.29, 1.82) is 0 Å². The maximum atomic E-state index is 14.3. The van der Waals surface area contributed by atoms with E-state index in [2.05, 4.69) is 43.3 Å². The monoisotopic (exact) mass is 482 g/mol. The molecule has 0 unspecified atom stereocenters. The fraction of sp³-hybridized carbons (Fsp3) is 0.360. The molecule has 0 amide bonds. The zero-order valence-electron chi connectivity index (χ0n) is 19.6. The molecule has 0 radical (unpaired) electrons. The van der Waals surface area contributed by atoms with Crippen LogP contribution in [0.25, 0.3) is 0 Å². The average molecular weight is 483 g/mol. The Labute approximate surface area is 203 Å². The first-order chi connectivity index (χ1) is 17.1. The molecule has 2 saturated heterocycles. The molecule has 5 rings (SSSR count). The van der Waals surface area contributed by atoms with E-state index in [4.69, 9.17) is 9.47 Å². The normalized spacial score (nSPS) is 16.3. The number of benzene rings is 2. The van der Waals surface area contributed by atoms with Gasteiger partial charge in [0, 0.05) is 56.5 Å². The van der Waals surface area contributed by atoms with Gasteiger partial charge < -0.3 is 29.5 Å². The van der Waals surface area contributed by atoms with Gasteiger partial charge >= 0.3 is 0 Å². The first-order valence-electron chi connectivity index (χ1n) is 11.7. The van der Waals surface area contributed by atoms with Crippen LogP contribution < -0.4 is 20.0 Å². The molecule has 1 N–H and O–H groups in total. The minimum atomic E-state index is -0.920. The van der Waals surface area contributed by atoms with Gasteiger partial charge in [-0.25, -0.2) is 13.8 Å². The molecule has 2 aliphatic rings. The SMILES string of the molecule is CN(c1ccnc(Nc2cc(N3CCOCC3)cc(N3CCOCC3)c2)n1)c1cccc(F)c1F. The van der Waals surface area contributed by atoms with Crippen molar-refractivity contribution < 1.29 is 18.3 Å². The summed E-state index contributed by atoms with van der Waals surface area (Å²) >= 11 is 0. The lowest BCUT2D eigenvalue weighted by Gasteiger charge is -2.33. The molecule has 0 bridgehead atoms. The standard InChI is InChI=1S/C25H28F2N6O2/c1-31(22-4-2-3-21(26)24(22)27)23-5-6-28-25(30-23)29-18-15-19(32-7-11-34-12-8-32)17-20(16-18)33-9-13-35-14-10-33/h2-6,15-17H,7-14H2,1H3,(H,28,29,30). The van der Waals surface area contributed by atoms with Gasteiger partial charge in [0.1, 0.15) is 5.82 Å². The van der Waals surface area contributed by atoms with Crippen molar-refractivity contribution in [2.75, 3.05) is 79.7 Å². The van der Waals surface area contributed by atoms with Crippen molar-refractivity contribution in [3.05, 3.63) is 60.3 Å². The predicted molar refractivity (Wildman–Crippen MR) is 132 cm³/mol. The van der Waals surface area contributed by atoms with Crippen LogP contribution in [0.2, 0.25) is 0 Å². The third-order valence-corrected chi connectivity index (χ3v) is 6.19. The number of aromatic nitrogens is 2. The van der Waals surface area contributed by atoms with Crippen LogP contribution in [0.5, 0.6) is 0 Å². The van der Waals surface area contributed by atoms with Crippen molar-refractivity contribution in [1.82, 2.24) is 9.97 Å². The Bertz CT molecular complexity index is 1130. The Balaban J connectivity index is 1.43. The van der Waals surface area contributed by atoms with Crippen molar-refractivity contribution in [3.8, 4) is 0 Å². The van der Waals surface area contributed by atoms with Crippen LogP contribution in [-0.2, 0) is 9.47 Å². The molecule has 184 valence electrons. The highest BCUT2D eigenvalue weighted by atomic mass is 19.2. The number of ether oxygens (including phenoxy) is 2. The maximum absolute atomic E-state index is 14.3. The van der Waals surface area contributed by atoms with E-state index in [1.165, 1.54) is 17.0 Å². The van der Waals surface area contributed by atoms with Gasteiger partial charge in [-0.3, -0.25) is 0 Å². The molecular formula is C25H28F2N6O2. The van der Waals surface area contributed by atoms with E-state index >= 15 is 0 Å². The second kappa shape index (κ2) is 10.4. The summed E-state index contributed by atoms with van der Waals surface area (Å²) in [4.78, 5) is 15.0. The number of anilines is 6. The molecule has 3 heterocycles. The number of nitrogens with one attached hydrogen (secondary N) is 1. The van der Waals surface area contributed by atoms with E-state index in [1.807, 2.05) is 0 Å². The number of rotatable bonds is 6. The molecule has 1 aromatic heterocycles. The van der Waals surface area contributed by atoms with Crippen LogP contribution in [0, 0.1) is 11.6 Å². The molecule has 35 heavy (non-hydrogen) atoms. The highest BCUT2D eigenvalue weighted by Crippen LogP contribution is 2.31. The van der Waals surface area contributed by atoms with Crippen LogP contribution >= 0.6 is 0 Å². The molecule has 3 aromatic rings. The Morgan fingerprint density at radius 3 is 2.14 bits per heavy atom. The van der Waals surface area contributed by atoms with Gasteiger partial charge in [0.2, 0.25) is 5.95 Å². The second-order valence-electron chi connectivity index (χ2n) is 8.43. The number of hydrogen-bond donors (Lipinski definition) is 1. The fourth-order valence-corrected chi connectivity index (χ4v) is 4.28. The summed E-state index contributed by atoms with van der Waals surface area (Å²) in [5.41, 5.74) is 3.12. The van der Waals surface area contributed by atoms with E-state index in [0.717, 1.165) is 49.3 Å². The summed E-state index contributed by atoms with van der Waals surface area (Å²) in [6.45, 7) is 6.06. The molecule has 0 saturated carbocycles. The molecule has 2 aliphatic heterocycles. The van der Waals surface area contributed by atoms with Gasteiger partial charge in [-0.15, -0.1) is 0 Å². The first-order valence-corrected chi connectivity index (χ1v) is 11.7. The maximum Gasteiger partial charge on any atom is 0.229 e. The third-order valence-electron chi connectivity index (χ3n) is 6.19. The molecule has 2 fully saturated rings. The lowest BCUT2D eigenvalue weighted by molar-refractivity contribution is 0.122. The summed E-state index contributed by atoms with van der Waals surface area (Å²) in [5.74, 6) is -1.03. The largest absolute Gasteiger partial charge is 0.378 e. The van der Waals surface area contributed by atoms with E-state index in [-0.39, 0.29) is 5.69 Å². The summed E-state index contributed by atoms with van der Waals surface area (Å²) in [6, 6.07) is 12.1. The number of morpholine rings is 2. The van der Waals surface area contributed by atoms with Crippen LogP contribution in [-0.4, -0.2) is 69.6 Å². The second-order valence-corrected chi connectivity index (χ2v) is 8.43. The summed E-state index contributed by atoms with van der Waals surface area (Å²) < 4.78 is 39.1. The zero-order valence-corrected chi connectivity index (χ0v) is 19.6. The van der Waals surface area contributed by atoms with E-state index in [9.17, 15) is 8.78 Å². The van der Waals surface area contributed by atoms with Crippen molar-refractivity contribution in [2.24, 2.45) is 0 Å². The number of nitrogens with zero attached hydrogens (tertiary/aromatic N) is 5. The van der Waals surface area contributed by atoms with Gasteiger partial charge in [0.15, 0.2) is 11.6 Å². The topological polar surface area (TPSA) is 66.0 Å². The molecule has 0 spiro atoms. The van der Waals surface area contributed by atoms with Gasteiger partial charge in [-0.1, -0.05) is 6.07 Å². The van der Waals surface area contributed by atoms with Crippen LogP contribution in [0.3, 0.4) is 0 Å². The lowest BCUT2D eigenvalue weighted by Crippen LogP contribution is -2.38. The Morgan fingerprint density at radius 1 is 0.886 bits per heavy atom. The quantitative estimate of drug-likeness (QED) is 0.567. The van der Waals surface area contributed by atoms with Crippen LogP contribution in [0.4, 0.5) is 43.3 Å². The van der Waals surface area contributed by atoms with Gasteiger partial charge in [-0.2, -0.15) is 4.98 Å². The molecule has 2 aromatic carbocycles. The van der Waals surface area contributed by atoms with Gasteiger partial charge in [0.25, 0.3) is 0 Å². The molecule has 8 nitrogen and oxygen atoms in total. The van der Waals surface area contributed by atoms with Gasteiger partial charge in [0.05, 0.1) is 32.1 Å². The van der Waals surface area contributed by atoms with E-state index < -0.39 is 11.6 Å². The summed E-state index contributed by atoms with van der Waals surface area (Å²) in [5, 5.41) is 3.30. The number of halogens is 2. The van der Waals surface area contributed by atoms with E-state index in [0.29, 0.717) is 38.2 Å². The van der Waals surface area contributed by atoms with Crippen molar-refractivity contribution in [2.45, 2.75) is 0 Å². The minimum Gasteiger partial charge on any atom is -0.378 e. The Kier molecular flexibility index (Phi) is 6.91. The third kappa shape index (κ3) is 5.28. The minimum absolute atomic E-state index is 0.0959. The Morgan fingerprint density at radius 2 is 1.51 bits per heavy atom. The average Bonchev–Trinajstić information content (AvgIpc) is 2.91. The highest BCUT2D eigenvalue weighted by molar-refractivity contribution is 5.72. The first kappa shape index (κ1) is 23.3. The Hall–Kier alpha value is -3.50. The van der Waals surface area contributed by atoms with Crippen molar-refractivity contribution >= 4 is 34.5 Å². The van der Waals surface area contributed by atoms with Crippen molar-refractivity contribution in [3.63, 3.8) is 0 Å². The smallest absolute Gasteiger partial charge is 0.229 e. The van der Waals surface area contributed by atoms with Crippen LogP contribution in [0.1, 0.15) is 0 Å². The summed E-state index contributed by atoms with van der Waals surface area (Å²) in [7, 11) is 1.64. The molecule has 0 aliphatic carbocycles. The summed E-state index contributed by atoms with van der Waals surface area (Å²) in [6.07, 6.45) is 1.59. The molecule has 0 atom stereocenters. The zero-order chi connectivity index (χ0) is 24.2. The van der Waals surface area contributed by atoms with E-state index in [1.54, 1.807) is 19.3 Å². The van der Waals surface area contributed by atoms with Gasteiger partial charge in [-0.05, 0) is 36.4 Å².